The van der Waals surface area contributed by atoms with Crippen molar-refractivity contribution in [3.8, 4) is 0 Å². The Kier molecular flexibility index (Phi) is 10.9. The molecule has 1 fully saturated rings. The van der Waals surface area contributed by atoms with Crippen LogP contribution in [-0.2, 0) is 0 Å². The number of carbonyl (C=O) groups excluding carboxylic acids is 2. The lowest BCUT2D eigenvalue weighted by molar-refractivity contribution is 0.123. The maximum Gasteiger partial charge on any atom is 0.316 e. The first-order valence-corrected chi connectivity index (χ1v) is 12.5. The van der Waals surface area contributed by atoms with Crippen LogP contribution in [0.1, 0.15) is 94.4 Å². The van der Waals surface area contributed by atoms with Crippen LogP contribution in [0.15, 0.2) is 20.5 Å². The maximum absolute atomic E-state index is 12.3. The first kappa shape index (κ1) is 29.8. The summed E-state index contributed by atoms with van der Waals surface area (Å²) in [6.07, 6.45) is 4.70. The molecule has 1 unspecified atom stereocenters. The number of hydrogen-bond acceptors (Lipinski definition) is 6. The predicted octanol–water partition coefficient (Wildman–Crippen LogP) is 5.24. The summed E-state index contributed by atoms with van der Waals surface area (Å²) in [6, 6.07) is -0.607. The van der Waals surface area contributed by atoms with Gasteiger partial charge in [-0.25, -0.2) is 9.59 Å². The number of urea groups is 2. The summed E-state index contributed by atoms with van der Waals surface area (Å²) in [5.41, 5.74) is 4.43. The van der Waals surface area contributed by atoms with Gasteiger partial charge in [-0.1, -0.05) is 0 Å². The fourth-order valence-corrected chi connectivity index (χ4v) is 3.94. The first-order chi connectivity index (χ1) is 15.5. The van der Waals surface area contributed by atoms with E-state index in [2.05, 4.69) is 31.1 Å². The van der Waals surface area contributed by atoms with Gasteiger partial charge in [0.05, 0.1) is 23.7 Å². The highest BCUT2D eigenvalue weighted by atomic mass is 16.2. The van der Waals surface area contributed by atoms with Gasteiger partial charge in [-0.2, -0.15) is 20.5 Å². The number of nitrogens with one attached hydrogen (secondary N) is 2. The topological polar surface area (TPSA) is 137 Å². The van der Waals surface area contributed by atoms with Gasteiger partial charge in [0, 0.05) is 12.6 Å². The molecule has 0 spiro atoms. The average Bonchev–Trinajstić information content (AvgIpc) is 2.66. The highest BCUT2D eigenvalue weighted by molar-refractivity contribution is 5.74. The molecule has 1 atom stereocenters. The second kappa shape index (κ2) is 12.4. The molecule has 4 amide bonds. The van der Waals surface area contributed by atoms with E-state index in [1.165, 1.54) is 0 Å². The fourth-order valence-electron chi connectivity index (χ4n) is 3.94. The van der Waals surface area contributed by atoms with E-state index < -0.39 is 11.7 Å². The number of amides is 4. The molecule has 0 saturated heterocycles. The van der Waals surface area contributed by atoms with Gasteiger partial charge in [0.25, 0.3) is 0 Å². The van der Waals surface area contributed by atoms with Gasteiger partial charge in [-0.05, 0) is 100 Å². The Bertz CT molecular complexity index is 713. The molecule has 0 aromatic rings. The summed E-state index contributed by atoms with van der Waals surface area (Å²) in [5.74, 6) is 0.510. The van der Waals surface area contributed by atoms with E-state index in [0.717, 1.165) is 32.1 Å². The number of rotatable bonds is 9. The van der Waals surface area contributed by atoms with Crippen molar-refractivity contribution in [2.75, 3.05) is 13.1 Å². The molecule has 0 bridgehead atoms. The van der Waals surface area contributed by atoms with E-state index in [1.54, 1.807) is 4.90 Å². The molecule has 1 aliphatic rings. The molecule has 34 heavy (non-hydrogen) atoms. The summed E-state index contributed by atoms with van der Waals surface area (Å²) in [7, 11) is 0. The Labute approximate surface area is 206 Å². The van der Waals surface area contributed by atoms with Gasteiger partial charge < -0.3 is 21.3 Å². The Morgan fingerprint density at radius 2 is 1.50 bits per heavy atom. The number of carbonyl (C=O) groups is 2. The van der Waals surface area contributed by atoms with Crippen LogP contribution in [-0.4, -0.2) is 58.9 Å². The average molecular weight is 481 g/mol. The third-order valence-corrected chi connectivity index (χ3v) is 5.51. The van der Waals surface area contributed by atoms with Crippen LogP contribution < -0.4 is 16.4 Å². The molecule has 196 valence electrons. The third-order valence-electron chi connectivity index (χ3n) is 5.51. The minimum Gasteiger partial charge on any atom is -0.351 e. The quantitative estimate of drug-likeness (QED) is 0.389. The normalized spacial score (nSPS) is 21.0. The molecule has 4 N–H and O–H groups in total. The number of azo groups is 2. The standard InChI is InChI=1S/C24H48N8O2/c1-17(16-27-29-22(2,3)4)32(20(25)33)19-12-10-18(11-13-19)14-15-26-21(34)28-24(8,9)31-30-23(5,6)7/h17-19H,10-16H2,1-9H3,(H2,25,33)(H2,26,28,34). The SMILES string of the molecule is CC(CN=NC(C)(C)C)N(C(N)=O)C1CCC(CCNC(=O)NC(C)(C)N=NC(C)(C)C)CC1. The Morgan fingerprint density at radius 1 is 0.941 bits per heavy atom. The number of nitrogens with two attached hydrogens (primary N) is 1. The monoisotopic (exact) mass is 480 g/mol. The maximum atomic E-state index is 12.3. The number of nitrogens with zero attached hydrogens (tertiary/aromatic N) is 5. The summed E-state index contributed by atoms with van der Waals surface area (Å²) >= 11 is 0. The van der Waals surface area contributed by atoms with E-state index in [0.29, 0.717) is 19.0 Å². The van der Waals surface area contributed by atoms with Crippen molar-refractivity contribution in [1.82, 2.24) is 15.5 Å². The van der Waals surface area contributed by atoms with Gasteiger partial charge in [-0.15, -0.1) is 0 Å². The molecule has 0 aromatic heterocycles. The van der Waals surface area contributed by atoms with Crippen molar-refractivity contribution in [2.24, 2.45) is 32.1 Å². The van der Waals surface area contributed by atoms with Crippen molar-refractivity contribution < 1.29 is 9.59 Å². The molecule has 1 saturated carbocycles. The van der Waals surface area contributed by atoms with Crippen molar-refractivity contribution in [3.63, 3.8) is 0 Å². The van der Waals surface area contributed by atoms with Crippen molar-refractivity contribution in [3.05, 3.63) is 0 Å². The van der Waals surface area contributed by atoms with Crippen LogP contribution >= 0.6 is 0 Å². The molecule has 1 rings (SSSR count). The minimum atomic E-state index is -0.767. The molecule has 1 aliphatic carbocycles. The molecule has 0 radical (unpaired) electrons. The van der Waals surface area contributed by atoms with Crippen molar-refractivity contribution in [1.29, 1.82) is 0 Å². The molecule has 10 nitrogen and oxygen atoms in total. The molecule has 0 heterocycles. The van der Waals surface area contributed by atoms with Crippen LogP contribution in [0.25, 0.3) is 0 Å². The lowest BCUT2D eigenvalue weighted by Crippen LogP contribution is -2.51. The van der Waals surface area contributed by atoms with Crippen LogP contribution in [0.4, 0.5) is 9.59 Å². The molecule has 0 aromatic carbocycles. The highest BCUT2D eigenvalue weighted by Crippen LogP contribution is 2.30. The summed E-state index contributed by atoms with van der Waals surface area (Å²) in [5, 5.41) is 22.8. The van der Waals surface area contributed by atoms with Crippen molar-refractivity contribution in [2.45, 2.75) is 123 Å². The van der Waals surface area contributed by atoms with Crippen LogP contribution in [0.2, 0.25) is 0 Å². The highest BCUT2D eigenvalue weighted by Gasteiger charge is 2.31. The van der Waals surface area contributed by atoms with Crippen LogP contribution in [0, 0.1) is 5.92 Å². The predicted molar refractivity (Wildman–Crippen MR) is 136 cm³/mol. The lowest BCUT2D eigenvalue weighted by Gasteiger charge is -2.39. The lowest BCUT2D eigenvalue weighted by atomic mass is 9.83. The molecule has 10 heteroatoms. The van der Waals surface area contributed by atoms with Crippen molar-refractivity contribution >= 4 is 12.1 Å². The Balaban J connectivity index is 2.45. The zero-order chi connectivity index (χ0) is 26.2. The molecular weight excluding hydrogens is 432 g/mol. The number of hydrogen-bond donors (Lipinski definition) is 3. The van der Waals surface area contributed by atoms with Gasteiger partial charge >= 0.3 is 12.1 Å². The van der Waals surface area contributed by atoms with E-state index in [1.807, 2.05) is 62.3 Å². The summed E-state index contributed by atoms with van der Waals surface area (Å²) in [4.78, 5) is 26.2. The zero-order valence-corrected chi connectivity index (χ0v) is 22.8. The van der Waals surface area contributed by atoms with Gasteiger partial charge in [-0.3, -0.25) is 0 Å². The van der Waals surface area contributed by atoms with Crippen LogP contribution in [0.3, 0.4) is 0 Å². The fraction of sp³-hybridized carbons (Fsp3) is 0.917. The number of primary amides is 1. The van der Waals surface area contributed by atoms with E-state index >= 15 is 0 Å². The summed E-state index contributed by atoms with van der Waals surface area (Å²) in [6.45, 7) is 18.5. The van der Waals surface area contributed by atoms with Gasteiger partial charge in [0.15, 0.2) is 0 Å². The second-order valence-electron chi connectivity index (χ2n) is 12.0. The van der Waals surface area contributed by atoms with Gasteiger partial charge in [0.2, 0.25) is 0 Å². The zero-order valence-electron chi connectivity index (χ0n) is 22.8. The largest absolute Gasteiger partial charge is 0.351 e. The summed E-state index contributed by atoms with van der Waals surface area (Å²) < 4.78 is 0. The first-order valence-electron chi connectivity index (χ1n) is 12.5. The third kappa shape index (κ3) is 12.3. The van der Waals surface area contributed by atoms with Gasteiger partial charge in [0.1, 0.15) is 5.66 Å². The van der Waals surface area contributed by atoms with E-state index in [-0.39, 0.29) is 29.2 Å². The van der Waals surface area contributed by atoms with E-state index in [4.69, 9.17) is 5.73 Å². The Morgan fingerprint density at radius 3 is 2.00 bits per heavy atom. The Hall–Kier alpha value is -2.26. The van der Waals surface area contributed by atoms with Crippen LogP contribution in [0.5, 0.6) is 0 Å². The minimum absolute atomic E-state index is 0.0886. The molecular formula is C24H48N8O2. The van der Waals surface area contributed by atoms with E-state index in [9.17, 15) is 9.59 Å². The second-order valence-corrected chi connectivity index (χ2v) is 12.0. The smallest absolute Gasteiger partial charge is 0.316 e. The molecule has 0 aliphatic heterocycles.